The fourth-order valence-electron chi connectivity index (χ4n) is 1.73. The smallest absolute Gasteiger partial charge is 0.296 e. The van der Waals surface area contributed by atoms with Crippen molar-refractivity contribution in [3.63, 3.8) is 0 Å². The molecule has 0 aliphatic heterocycles. The molecule has 2 aromatic rings. The highest BCUT2D eigenvalue weighted by Crippen LogP contribution is 2.07. The van der Waals surface area contributed by atoms with Gasteiger partial charge in [0.15, 0.2) is 0 Å². The van der Waals surface area contributed by atoms with Crippen molar-refractivity contribution in [2.75, 3.05) is 17.0 Å². The minimum Gasteiger partial charge on any atom is -0.344 e. The van der Waals surface area contributed by atoms with Gasteiger partial charge in [-0.3, -0.25) is 9.52 Å². The molecule has 0 aromatic heterocycles. The second kappa shape index (κ2) is 8.01. The van der Waals surface area contributed by atoms with Gasteiger partial charge in [0.25, 0.3) is 5.91 Å². The summed E-state index contributed by atoms with van der Waals surface area (Å²) in [7, 11) is -3.51. The first kappa shape index (κ1) is 16.6. The zero-order valence-electron chi connectivity index (χ0n) is 12.3. The SMILES string of the molecule is O=C(C#Cc1ccccc1)NCCS(=O)(=O)Nc1ccccc1. The van der Waals surface area contributed by atoms with Gasteiger partial charge in [0.05, 0.1) is 5.75 Å². The van der Waals surface area contributed by atoms with Crippen LogP contribution in [0.1, 0.15) is 5.56 Å². The molecule has 0 atom stereocenters. The van der Waals surface area contributed by atoms with Crippen molar-refractivity contribution < 1.29 is 13.2 Å². The van der Waals surface area contributed by atoms with Gasteiger partial charge in [-0.1, -0.05) is 42.3 Å². The Morgan fingerprint density at radius 1 is 0.957 bits per heavy atom. The summed E-state index contributed by atoms with van der Waals surface area (Å²) in [5, 5.41) is 2.46. The van der Waals surface area contributed by atoms with Crippen molar-refractivity contribution in [1.29, 1.82) is 0 Å². The van der Waals surface area contributed by atoms with E-state index in [0.717, 1.165) is 5.56 Å². The number of hydrogen-bond donors (Lipinski definition) is 2. The summed E-state index contributed by atoms with van der Waals surface area (Å²) < 4.78 is 26.2. The minimum atomic E-state index is -3.51. The Labute approximate surface area is 135 Å². The number of rotatable bonds is 5. The van der Waals surface area contributed by atoms with Crippen LogP contribution in [0.2, 0.25) is 0 Å². The number of carbonyl (C=O) groups is 1. The molecule has 2 aromatic carbocycles. The van der Waals surface area contributed by atoms with E-state index in [0.29, 0.717) is 5.69 Å². The molecule has 1 amide bonds. The molecular weight excluding hydrogens is 312 g/mol. The molecule has 0 radical (unpaired) electrons. The van der Waals surface area contributed by atoms with Gasteiger partial charge in [-0.05, 0) is 24.3 Å². The molecule has 118 valence electrons. The van der Waals surface area contributed by atoms with Crippen LogP contribution >= 0.6 is 0 Å². The lowest BCUT2D eigenvalue weighted by atomic mass is 10.2. The quantitative estimate of drug-likeness (QED) is 0.819. The van der Waals surface area contributed by atoms with Crippen LogP contribution in [0.25, 0.3) is 0 Å². The summed E-state index contributed by atoms with van der Waals surface area (Å²) in [6, 6.07) is 17.6. The van der Waals surface area contributed by atoms with Crippen molar-refractivity contribution in [2.24, 2.45) is 0 Å². The van der Waals surface area contributed by atoms with Crippen LogP contribution < -0.4 is 10.0 Å². The maximum absolute atomic E-state index is 11.9. The Morgan fingerprint density at radius 2 is 1.57 bits per heavy atom. The van der Waals surface area contributed by atoms with Crippen LogP contribution in [0, 0.1) is 11.8 Å². The van der Waals surface area contributed by atoms with E-state index in [2.05, 4.69) is 21.9 Å². The average molecular weight is 328 g/mol. The van der Waals surface area contributed by atoms with E-state index in [9.17, 15) is 13.2 Å². The molecule has 0 saturated carbocycles. The first-order chi connectivity index (χ1) is 11.1. The van der Waals surface area contributed by atoms with Gasteiger partial charge in [0, 0.05) is 23.7 Å². The predicted molar refractivity (Wildman–Crippen MR) is 90.2 cm³/mol. The predicted octanol–water partition coefficient (Wildman–Crippen LogP) is 1.60. The van der Waals surface area contributed by atoms with E-state index in [1.807, 2.05) is 18.2 Å². The number of hydrogen-bond acceptors (Lipinski definition) is 3. The average Bonchev–Trinajstić information content (AvgIpc) is 2.54. The molecule has 2 N–H and O–H groups in total. The fourth-order valence-corrected chi connectivity index (χ4v) is 2.70. The molecule has 0 fully saturated rings. The van der Waals surface area contributed by atoms with Crippen molar-refractivity contribution in [2.45, 2.75) is 0 Å². The molecule has 0 bridgehead atoms. The second-order valence-electron chi connectivity index (χ2n) is 4.66. The molecule has 6 heteroatoms. The van der Waals surface area contributed by atoms with Crippen molar-refractivity contribution >= 4 is 21.6 Å². The Hall–Kier alpha value is -2.78. The summed E-state index contributed by atoms with van der Waals surface area (Å²) >= 11 is 0. The molecular formula is C17H16N2O3S. The van der Waals surface area contributed by atoms with E-state index >= 15 is 0 Å². The summed E-state index contributed by atoms with van der Waals surface area (Å²) in [4.78, 5) is 11.6. The van der Waals surface area contributed by atoms with E-state index in [1.165, 1.54) is 0 Å². The lowest BCUT2D eigenvalue weighted by Gasteiger charge is -2.07. The monoisotopic (exact) mass is 328 g/mol. The van der Waals surface area contributed by atoms with Gasteiger partial charge in [-0.25, -0.2) is 8.42 Å². The standard InChI is InChI=1S/C17H16N2O3S/c20-17(12-11-15-7-3-1-4-8-15)18-13-14-23(21,22)19-16-9-5-2-6-10-16/h1-10,19H,13-14H2,(H,18,20). The third-order valence-electron chi connectivity index (χ3n) is 2.80. The maximum atomic E-state index is 11.9. The van der Waals surface area contributed by atoms with E-state index < -0.39 is 15.9 Å². The zero-order valence-corrected chi connectivity index (χ0v) is 13.1. The topological polar surface area (TPSA) is 75.3 Å². The van der Waals surface area contributed by atoms with Gasteiger partial charge in [0.2, 0.25) is 10.0 Å². The molecule has 0 unspecified atom stereocenters. The Morgan fingerprint density at radius 3 is 2.22 bits per heavy atom. The van der Waals surface area contributed by atoms with Gasteiger partial charge in [-0.15, -0.1) is 0 Å². The summed E-state index contributed by atoms with van der Waals surface area (Å²) in [6.07, 6.45) is 0. The fraction of sp³-hybridized carbons (Fsp3) is 0.118. The normalized spacial score (nSPS) is 10.3. The first-order valence-corrected chi connectivity index (χ1v) is 8.61. The van der Waals surface area contributed by atoms with Crippen LogP contribution in [0.15, 0.2) is 60.7 Å². The van der Waals surface area contributed by atoms with Gasteiger partial charge < -0.3 is 5.32 Å². The summed E-state index contributed by atoms with van der Waals surface area (Å²) in [5.74, 6) is 4.39. The molecule has 5 nitrogen and oxygen atoms in total. The third-order valence-corrected chi connectivity index (χ3v) is 4.09. The minimum absolute atomic E-state index is 0.00945. The van der Waals surface area contributed by atoms with E-state index in [1.54, 1.807) is 42.5 Å². The third kappa shape index (κ3) is 6.24. The van der Waals surface area contributed by atoms with Crippen molar-refractivity contribution in [1.82, 2.24) is 5.32 Å². The van der Waals surface area contributed by atoms with E-state index in [-0.39, 0.29) is 12.3 Å². The highest BCUT2D eigenvalue weighted by Gasteiger charge is 2.10. The Balaban J connectivity index is 1.80. The van der Waals surface area contributed by atoms with E-state index in [4.69, 9.17) is 0 Å². The highest BCUT2D eigenvalue weighted by atomic mass is 32.2. The number of amides is 1. The van der Waals surface area contributed by atoms with Crippen LogP contribution in [-0.2, 0) is 14.8 Å². The number of benzene rings is 2. The van der Waals surface area contributed by atoms with Gasteiger partial charge in [-0.2, -0.15) is 0 Å². The Kier molecular flexibility index (Phi) is 5.78. The van der Waals surface area contributed by atoms with Crippen molar-refractivity contribution in [3.05, 3.63) is 66.2 Å². The van der Waals surface area contributed by atoms with Crippen LogP contribution in [0.3, 0.4) is 0 Å². The molecule has 0 spiro atoms. The lowest BCUT2D eigenvalue weighted by molar-refractivity contribution is -0.115. The van der Waals surface area contributed by atoms with Crippen molar-refractivity contribution in [3.8, 4) is 11.8 Å². The highest BCUT2D eigenvalue weighted by molar-refractivity contribution is 7.92. The Bertz CT molecular complexity index is 807. The molecule has 0 saturated heterocycles. The molecule has 0 aliphatic rings. The second-order valence-corrected chi connectivity index (χ2v) is 6.50. The van der Waals surface area contributed by atoms with Crippen LogP contribution in [0.5, 0.6) is 0 Å². The zero-order chi connectivity index (χ0) is 16.5. The largest absolute Gasteiger partial charge is 0.344 e. The molecule has 2 rings (SSSR count). The number of sulfonamides is 1. The van der Waals surface area contributed by atoms with Gasteiger partial charge >= 0.3 is 0 Å². The van der Waals surface area contributed by atoms with Crippen LogP contribution in [-0.4, -0.2) is 26.6 Å². The lowest BCUT2D eigenvalue weighted by Crippen LogP contribution is -2.30. The molecule has 23 heavy (non-hydrogen) atoms. The number of nitrogens with one attached hydrogen (secondary N) is 2. The number of carbonyl (C=O) groups excluding carboxylic acids is 1. The maximum Gasteiger partial charge on any atom is 0.296 e. The summed E-state index contributed by atoms with van der Waals surface area (Å²) in [5.41, 5.74) is 1.21. The number of para-hydroxylation sites is 1. The molecule has 0 heterocycles. The molecule has 0 aliphatic carbocycles. The first-order valence-electron chi connectivity index (χ1n) is 6.96. The van der Waals surface area contributed by atoms with Crippen LogP contribution in [0.4, 0.5) is 5.69 Å². The number of anilines is 1. The summed E-state index contributed by atoms with van der Waals surface area (Å²) in [6.45, 7) is -0.00945. The van der Waals surface area contributed by atoms with Gasteiger partial charge in [0.1, 0.15) is 0 Å².